The van der Waals surface area contributed by atoms with Crippen molar-refractivity contribution in [2.75, 3.05) is 5.73 Å². The maximum Gasteiger partial charge on any atom is 0.214 e. The first-order valence-electron chi connectivity index (χ1n) is 4.63. The van der Waals surface area contributed by atoms with Crippen molar-refractivity contribution in [2.24, 2.45) is 0 Å². The van der Waals surface area contributed by atoms with Crippen LogP contribution >= 0.6 is 0 Å². The van der Waals surface area contributed by atoms with Crippen molar-refractivity contribution in [1.29, 1.82) is 0 Å². The minimum absolute atomic E-state index is 0.0128. The third kappa shape index (κ3) is 2.12. The predicted molar refractivity (Wildman–Crippen MR) is 53.4 cm³/mol. The summed E-state index contributed by atoms with van der Waals surface area (Å²) in [5.41, 5.74) is 12.3. The Balaban J connectivity index is 1.94. The second-order valence-electron chi connectivity index (χ2n) is 3.46. The summed E-state index contributed by atoms with van der Waals surface area (Å²) in [5, 5.41) is 0. The van der Waals surface area contributed by atoms with Crippen molar-refractivity contribution >= 4 is 5.69 Å². The Labute approximate surface area is 82.6 Å². The molecule has 0 amide bonds. The average molecular weight is 194 g/mol. The second kappa shape index (κ2) is 3.81. The van der Waals surface area contributed by atoms with E-state index in [1.54, 1.807) is 18.3 Å². The number of hydrazine groups is 1. The van der Waals surface area contributed by atoms with E-state index in [2.05, 4.69) is 22.8 Å². The highest BCUT2D eigenvalue weighted by molar-refractivity contribution is 5.35. The molecule has 2 atom stereocenters. The van der Waals surface area contributed by atoms with Crippen LogP contribution in [0.25, 0.3) is 0 Å². The highest BCUT2D eigenvalue weighted by Crippen LogP contribution is 2.13. The highest BCUT2D eigenvalue weighted by Gasteiger charge is 2.21. The van der Waals surface area contributed by atoms with Crippen LogP contribution in [0.4, 0.5) is 5.69 Å². The molecule has 1 aromatic heterocycles. The van der Waals surface area contributed by atoms with Crippen molar-refractivity contribution in [2.45, 2.75) is 25.6 Å². The van der Waals surface area contributed by atoms with Gasteiger partial charge in [0.2, 0.25) is 5.88 Å². The average Bonchev–Trinajstić information content (AvgIpc) is 2.56. The normalized spacial score (nSPS) is 26.4. The molecule has 2 heterocycles. The Morgan fingerprint density at radius 3 is 2.93 bits per heavy atom. The number of ether oxygens (including phenoxy) is 1. The van der Waals surface area contributed by atoms with Gasteiger partial charge in [-0.1, -0.05) is 0 Å². The summed E-state index contributed by atoms with van der Waals surface area (Å²) < 4.78 is 5.56. The van der Waals surface area contributed by atoms with Crippen LogP contribution in [0.15, 0.2) is 18.3 Å². The van der Waals surface area contributed by atoms with Gasteiger partial charge in [0.05, 0.1) is 11.9 Å². The van der Waals surface area contributed by atoms with E-state index in [4.69, 9.17) is 10.5 Å². The third-order valence-corrected chi connectivity index (χ3v) is 2.08. The number of pyridine rings is 1. The maximum atomic E-state index is 5.56. The molecule has 0 spiro atoms. The van der Waals surface area contributed by atoms with E-state index >= 15 is 0 Å². The molecular formula is C9H14N4O. The van der Waals surface area contributed by atoms with Crippen LogP contribution in [0.2, 0.25) is 0 Å². The van der Waals surface area contributed by atoms with Gasteiger partial charge in [-0.2, -0.15) is 0 Å². The van der Waals surface area contributed by atoms with Crippen LogP contribution in [0.3, 0.4) is 0 Å². The number of nitrogens with zero attached hydrogens (tertiary/aromatic N) is 1. The summed E-state index contributed by atoms with van der Waals surface area (Å²) in [6, 6.07) is 3.96. The SMILES string of the molecule is CC1CC(Oc2ccc(N)cn2)NN1. The molecule has 1 aliphatic heterocycles. The zero-order valence-electron chi connectivity index (χ0n) is 8.03. The van der Waals surface area contributed by atoms with E-state index in [0.717, 1.165) is 6.42 Å². The Hall–Kier alpha value is -1.33. The third-order valence-electron chi connectivity index (χ3n) is 2.08. The number of anilines is 1. The lowest BCUT2D eigenvalue weighted by molar-refractivity contribution is 0.172. The molecule has 1 saturated heterocycles. The molecule has 14 heavy (non-hydrogen) atoms. The van der Waals surface area contributed by atoms with Crippen LogP contribution in [-0.2, 0) is 0 Å². The van der Waals surface area contributed by atoms with E-state index < -0.39 is 0 Å². The Morgan fingerprint density at radius 2 is 2.36 bits per heavy atom. The van der Waals surface area contributed by atoms with E-state index in [1.165, 1.54) is 0 Å². The van der Waals surface area contributed by atoms with Gasteiger partial charge in [-0.15, -0.1) is 0 Å². The first kappa shape index (κ1) is 9.23. The van der Waals surface area contributed by atoms with Gasteiger partial charge in [0, 0.05) is 18.5 Å². The summed E-state index contributed by atoms with van der Waals surface area (Å²) in [4.78, 5) is 4.05. The van der Waals surface area contributed by atoms with Gasteiger partial charge in [0.1, 0.15) is 0 Å². The quantitative estimate of drug-likeness (QED) is 0.629. The highest BCUT2D eigenvalue weighted by atomic mass is 16.5. The number of aromatic nitrogens is 1. The molecule has 1 fully saturated rings. The summed E-state index contributed by atoms with van der Waals surface area (Å²) in [7, 11) is 0. The van der Waals surface area contributed by atoms with Crippen molar-refractivity contribution in [3.63, 3.8) is 0 Å². The number of hydrogen-bond donors (Lipinski definition) is 3. The number of nitrogens with one attached hydrogen (secondary N) is 2. The molecule has 2 unspecified atom stereocenters. The first-order chi connectivity index (χ1) is 6.74. The minimum Gasteiger partial charge on any atom is -0.457 e. The molecule has 0 aromatic carbocycles. The maximum absolute atomic E-state index is 5.56. The lowest BCUT2D eigenvalue weighted by Crippen LogP contribution is -2.35. The van der Waals surface area contributed by atoms with Gasteiger partial charge >= 0.3 is 0 Å². The first-order valence-corrected chi connectivity index (χ1v) is 4.63. The Kier molecular flexibility index (Phi) is 2.51. The summed E-state index contributed by atoms with van der Waals surface area (Å²) in [5.74, 6) is 0.590. The van der Waals surface area contributed by atoms with Crippen LogP contribution in [0.1, 0.15) is 13.3 Å². The zero-order valence-corrected chi connectivity index (χ0v) is 8.03. The van der Waals surface area contributed by atoms with Crippen LogP contribution in [-0.4, -0.2) is 17.3 Å². The van der Waals surface area contributed by atoms with Gasteiger partial charge in [-0.05, 0) is 13.0 Å². The Bertz CT molecular complexity index is 300. The molecule has 76 valence electrons. The van der Waals surface area contributed by atoms with Crippen molar-refractivity contribution in [3.8, 4) is 5.88 Å². The molecular weight excluding hydrogens is 180 g/mol. The van der Waals surface area contributed by atoms with Gasteiger partial charge in [0.15, 0.2) is 6.23 Å². The second-order valence-corrected chi connectivity index (χ2v) is 3.46. The van der Waals surface area contributed by atoms with Crippen LogP contribution < -0.4 is 21.3 Å². The monoisotopic (exact) mass is 194 g/mol. The number of nitrogen functional groups attached to an aromatic ring is 1. The molecule has 4 N–H and O–H groups in total. The topological polar surface area (TPSA) is 72.2 Å². The van der Waals surface area contributed by atoms with Crippen molar-refractivity contribution < 1.29 is 4.74 Å². The van der Waals surface area contributed by atoms with E-state index in [9.17, 15) is 0 Å². The van der Waals surface area contributed by atoms with Crippen LogP contribution in [0.5, 0.6) is 5.88 Å². The molecule has 0 radical (unpaired) electrons. The fourth-order valence-corrected chi connectivity index (χ4v) is 1.36. The largest absolute Gasteiger partial charge is 0.457 e. The smallest absolute Gasteiger partial charge is 0.214 e. The summed E-state index contributed by atoms with van der Waals surface area (Å²) >= 11 is 0. The Morgan fingerprint density at radius 1 is 1.50 bits per heavy atom. The van der Waals surface area contributed by atoms with Gasteiger partial charge in [0.25, 0.3) is 0 Å². The lowest BCUT2D eigenvalue weighted by Gasteiger charge is -2.11. The molecule has 5 heteroatoms. The lowest BCUT2D eigenvalue weighted by atomic mass is 10.2. The van der Waals surface area contributed by atoms with Gasteiger partial charge in [-0.3, -0.25) is 5.43 Å². The molecule has 5 nitrogen and oxygen atoms in total. The molecule has 0 saturated carbocycles. The van der Waals surface area contributed by atoms with E-state index in [0.29, 0.717) is 17.6 Å². The molecule has 0 aliphatic carbocycles. The molecule has 1 aliphatic rings. The summed E-state index contributed by atoms with van der Waals surface area (Å²) in [6.07, 6.45) is 2.49. The van der Waals surface area contributed by atoms with E-state index in [1.807, 2.05) is 0 Å². The fourth-order valence-electron chi connectivity index (χ4n) is 1.36. The number of rotatable bonds is 2. The molecule has 2 rings (SSSR count). The van der Waals surface area contributed by atoms with Crippen molar-refractivity contribution in [3.05, 3.63) is 18.3 Å². The van der Waals surface area contributed by atoms with Gasteiger partial charge < -0.3 is 10.5 Å². The van der Waals surface area contributed by atoms with Crippen LogP contribution in [0, 0.1) is 0 Å². The van der Waals surface area contributed by atoms with Gasteiger partial charge in [-0.25, -0.2) is 10.4 Å². The van der Waals surface area contributed by atoms with Crippen molar-refractivity contribution in [1.82, 2.24) is 15.8 Å². The van der Waals surface area contributed by atoms with E-state index in [-0.39, 0.29) is 6.23 Å². The standard InChI is InChI=1S/C9H14N4O/c1-6-4-9(13-12-6)14-8-3-2-7(10)5-11-8/h2-3,5-6,9,12-13H,4,10H2,1H3. The molecule has 0 bridgehead atoms. The number of nitrogens with two attached hydrogens (primary N) is 1. The summed E-state index contributed by atoms with van der Waals surface area (Å²) in [6.45, 7) is 2.09. The zero-order chi connectivity index (χ0) is 9.97. The predicted octanol–water partition coefficient (Wildman–Crippen LogP) is 0.255. The minimum atomic E-state index is -0.0128. The number of hydrogen-bond acceptors (Lipinski definition) is 5. The fraction of sp³-hybridized carbons (Fsp3) is 0.444. The molecule has 1 aromatic rings.